The SMILES string of the molecule is CCOc1cccc(NC(=O)C2Cc3nc[nH]c3CN2)c1. The highest BCUT2D eigenvalue weighted by Gasteiger charge is 2.25. The number of nitrogens with zero attached hydrogens (tertiary/aromatic N) is 1. The highest BCUT2D eigenvalue weighted by molar-refractivity contribution is 5.95. The molecule has 0 fully saturated rings. The molecule has 110 valence electrons. The van der Waals surface area contributed by atoms with Crippen LogP contribution in [-0.2, 0) is 17.8 Å². The largest absolute Gasteiger partial charge is 0.494 e. The van der Waals surface area contributed by atoms with Crippen molar-refractivity contribution in [1.29, 1.82) is 0 Å². The fourth-order valence-corrected chi connectivity index (χ4v) is 2.41. The quantitative estimate of drug-likeness (QED) is 0.795. The zero-order valence-electron chi connectivity index (χ0n) is 11.8. The fourth-order valence-electron chi connectivity index (χ4n) is 2.41. The average molecular weight is 286 g/mol. The third-order valence-electron chi connectivity index (χ3n) is 3.46. The van der Waals surface area contributed by atoms with E-state index in [1.807, 2.05) is 31.2 Å². The zero-order valence-corrected chi connectivity index (χ0v) is 11.8. The lowest BCUT2D eigenvalue weighted by Crippen LogP contribution is -2.44. The number of fused-ring (bicyclic) bond motifs is 1. The Bertz CT molecular complexity index is 638. The molecular weight excluding hydrogens is 268 g/mol. The molecule has 6 nitrogen and oxygen atoms in total. The number of hydrogen-bond donors (Lipinski definition) is 3. The van der Waals surface area contributed by atoms with Crippen LogP contribution in [0.1, 0.15) is 18.3 Å². The van der Waals surface area contributed by atoms with Gasteiger partial charge in [0, 0.05) is 24.7 Å². The van der Waals surface area contributed by atoms with Crippen LogP contribution < -0.4 is 15.4 Å². The summed E-state index contributed by atoms with van der Waals surface area (Å²) in [6, 6.07) is 7.14. The molecule has 1 atom stereocenters. The third-order valence-corrected chi connectivity index (χ3v) is 3.46. The number of aromatic nitrogens is 2. The number of benzene rings is 1. The number of ether oxygens (including phenoxy) is 1. The molecule has 2 heterocycles. The Kier molecular flexibility index (Phi) is 3.87. The van der Waals surface area contributed by atoms with Gasteiger partial charge in [-0.1, -0.05) is 6.07 Å². The first-order valence-electron chi connectivity index (χ1n) is 7.04. The summed E-state index contributed by atoms with van der Waals surface area (Å²) in [4.78, 5) is 19.6. The van der Waals surface area contributed by atoms with E-state index in [9.17, 15) is 4.79 Å². The van der Waals surface area contributed by atoms with Crippen LogP contribution in [0.2, 0.25) is 0 Å². The first-order valence-corrected chi connectivity index (χ1v) is 7.04. The molecule has 2 aromatic rings. The first-order chi connectivity index (χ1) is 10.3. The lowest BCUT2D eigenvalue weighted by atomic mass is 10.0. The Morgan fingerprint density at radius 2 is 2.43 bits per heavy atom. The molecular formula is C15H18N4O2. The van der Waals surface area contributed by atoms with Crippen LogP contribution in [0.5, 0.6) is 5.75 Å². The van der Waals surface area contributed by atoms with E-state index in [0.29, 0.717) is 19.6 Å². The van der Waals surface area contributed by atoms with Gasteiger partial charge in [-0.05, 0) is 19.1 Å². The van der Waals surface area contributed by atoms with Crippen molar-refractivity contribution in [2.24, 2.45) is 0 Å². The molecule has 1 aromatic carbocycles. The van der Waals surface area contributed by atoms with Gasteiger partial charge in [-0.2, -0.15) is 0 Å². The predicted octanol–water partition coefficient (Wildman–Crippen LogP) is 1.46. The Labute approximate surface area is 122 Å². The molecule has 1 amide bonds. The van der Waals surface area contributed by atoms with Crippen LogP contribution in [-0.4, -0.2) is 28.5 Å². The van der Waals surface area contributed by atoms with Crippen LogP contribution in [0.15, 0.2) is 30.6 Å². The second kappa shape index (κ2) is 5.97. The maximum atomic E-state index is 12.3. The molecule has 6 heteroatoms. The number of H-pyrrole nitrogens is 1. The van der Waals surface area contributed by atoms with E-state index in [1.165, 1.54) is 0 Å². The van der Waals surface area contributed by atoms with Crippen molar-refractivity contribution in [3.05, 3.63) is 42.0 Å². The molecule has 1 aromatic heterocycles. The lowest BCUT2D eigenvalue weighted by molar-refractivity contribution is -0.118. The number of carbonyl (C=O) groups is 1. The molecule has 21 heavy (non-hydrogen) atoms. The molecule has 0 bridgehead atoms. The van der Waals surface area contributed by atoms with Crippen LogP contribution in [0.25, 0.3) is 0 Å². The molecule has 3 N–H and O–H groups in total. The van der Waals surface area contributed by atoms with Crippen molar-refractivity contribution in [2.75, 3.05) is 11.9 Å². The second-order valence-corrected chi connectivity index (χ2v) is 4.92. The molecule has 0 saturated heterocycles. The zero-order chi connectivity index (χ0) is 14.7. The average Bonchev–Trinajstić information content (AvgIpc) is 2.95. The molecule has 1 unspecified atom stereocenters. The number of anilines is 1. The number of amides is 1. The van der Waals surface area contributed by atoms with Crippen molar-refractivity contribution in [3.63, 3.8) is 0 Å². The number of rotatable bonds is 4. The smallest absolute Gasteiger partial charge is 0.241 e. The van der Waals surface area contributed by atoms with Gasteiger partial charge in [-0.15, -0.1) is 0 Å². The molecule has 0 aliphatic carbocycles. The lowest BCUT2D eigenvalue weighted by Gasteiger charge is -2.22. The minimum absolute atomic E-state index is 0.0581. The van der Waals surface area contributed by atoms with Gasteiger partial charge in [0.25, 0.3) is 0 Å². The Morgan fingerprint density at radius 3 is 3.29 bits per heavy atom. The number of aromatic amines is 1. The number of imidazole rings is 1. The summed E-state index contributed by atoms with van der Waals surface area (Å²) in [5.41, 5.74) is 2.75. The second-order valence-electron chi connectivity index (χ2n) is 4.92. The van der Waals surface area contributed by atoms with E-state index in [1.54, 1.807) is 6.33 Å². The van der Waals surface area contributed by atoms with E-state index in [2.05, 4.69) is 20.6 Å². The Hall–Kier alpha value is -2.34. The van der Waals surface area contributed by atoms with E-state index in [0.717, 1.165) is 22.8 Å². The van der Waals surface area contributed by atoms with Crippen LogP contribution in [0.3, 0.4) is 0 Å². The van der Waals surface area contributed by atoms with Gasteiger partial charge in [-0.25, -0.2) is 4.98 Å². The molecule has 0 saturated carbocycles. The summed E-state index contributed by atoms with van der Waals surface area (Å²) in [5.74, 6) is 0.693. The summed E-state index contributed by atoms with van der Waals surface area (Å²) in [6.45, 7) is 3.16. The van der Waals surface area contributed by atoms with Gasteiger partial charge >= 0.3 is 0 Å². The van der Waals surface area contributed by atoms with Crippen molar-refractivity contribution in [3.8, 4) is 5.75 Å². The molecule has 1 aliphatic heterocycles. The van der Waals surface area contributed by atoms with Crippen molar-refractivity contribution in [2.45, 2.75) is 25.9 Å². The van der Waals surface area contributed by atoms with E-state index in [4.69, 9.17) is 4.74 Å². The number of hydrogen-bond acceptors (Lipinski definition) is 4. The Balaban J connectivity index is 1.65. The van der Waals surface area contributed by atoms with E-state index in [-0.39, 0.29) is 11.9 Å². The van der Waals surface area contributed by atoms with Gasteiger partial charge in [-0.3, -0.25) is 10.1 Å². The van der Waals surface area contributed by atoms with Gasteiger partial charge in [0.2, 0.25) is 5.91 Å². The van der Waals surface area contributed by atoms with Gasteiger partial charge in [0.1, 0.15) is 5.75 Å². The summed E-state index contributed by atoms with van der Waals surface area (Å²) < 4.78 is 5.43. The monoisotopic (exact) mass is 286 g/mol. The minimum atomic E-state index is -0.267. The molecule has 0 spiro atoms. The predicted molar refractivity (Wildman–Crippen MR) is 79.2 cm³/mol. The highest BCUT2D eigenvalue weighted by Crippen LogP contribution is 2.18. The molecule has 0 radical (unpaired) electrons. The van der Waals surface area contributed by atoms with Gasteiger partial charge in [0.15, 0.2) is 0 Å². The summed E-state index contributed by atoms with van der Waals surface area (Å²) in [7, 11) is 0. The van der Waals surface area contributed by atoms with Crippen molar-refractivity contribution in [1.82, 2.24) is 15.3 Å². The maximum Gasteiger partial charge on any atom is 0.241 e. The van der Waals surface area contributed by atoms with E-state index >= 15 is 0 Å². The number of nitrogens with one attached hydrogen (secondary N) is 3. The first kappa shape index (κ1) is 13.6. The third kappa shape index (κ3) is 3.05. The van der Waals surface area contributed by atoms with Crippen molar-refractivity contribution < 1.29 is 9.53 Å². The molecule has 3 rings (SSSR count). The van der Waals surface area contributed by atoms with E-state index < -0.39 is 0 Å². The summed E-state index contributed by atoms with van der Waals surface area (Å²) >= 11 is 0. The minimum Gasteiger partial charge on any atom is -0.494 e. The number of carbonyl (C=O) groups excluding carboxylic acids is 1. The molecule has 1 aliphatic rings. The van der Waals surface area contributed by atoms with Gasteiger partial charge < -0.3 is 15.0 Å². The normalized spacial score (nSPS) is 17.1. The van der Waals surface area contributed by atoms with Crippen molar-refractivity contribution >= 4 is 11.6 Å². The summed E-state index contributed by atoms with van der Waals surface area (Å²) in [5, 5.41) is 6.12. The Morgan fingerprint density at radius 1 is 1.52 bits per heavy atom. The van der Waals surface area contributed by atoms with Crippen LogP contribution >= 0.6 is 0 Å². The van der Waals surface area contributed by atoms with Crippen LogP contribution in [0, 0.1) is 0 Å². The topological polar surface area (TPSA) is 79.0 Å². The fraction of sp³-hybridized carbons (Fsp3) is 0.333. The van der Waals surface area contributed by atoms with Gasteiger partial charge in [0.05, 0.1) is 30.4 Å². The van der Waals surface area contributed by atoms with Crippen LogP contribution in [0.4, 0.5) is 5.69 Å². The standard InChI is InChI=1S/C15H18N4O2/c1-2-21-11-5-3-4-10(6-11)19-15(20)13-7-12-14(8-16-13)18-9-17-12/h3-6,9,13,16H,2,7-8H2,1H3,(H,17,18)(H,19,20). The summed E-state index contributed by atoms with van der Waals surface area (Å²) in [6.07, 6.45) is 2.26. The highest BCUT2D eigenvalue weighted by atomic mass is 16.5. The maximum absolute atomic E-state index is 12.3.